The van der Waals surface area contributed by atoms with Crippen molar-refractivity contribution in [2.75, 3.05) is 0 Å². The molecule has 0 bridgehead atoms. The molecule has 12 nitrogen and oxygen atoms in total. The highest BCUT2D eigenvalue weighted by Crippen LogP contribution is 2.72. The summed E-state index contributed by atoms with van der Waals surface area (Å²) in [6, 6.07) is 0. The van der Waals surface area contributed by atoms with Crippen LogP contribution in [-0.2, 0) is 46.4 Å². The summed E-state index contributed by atoms with van der Waals surface area (Å²) in [4.78, 5) is 9.09. The van der Waals surface area contributed by atoms with Crippen LogP contribution in [0.5, 0.6) is 0 Å². The number of fused-ring (bicyclic) bond motifs is 15. The normalized spacial score (nSPS) is 49.7. The van der Waals surface area contributed by atoms with E-state index in [4.69, 9.17) is 9.47 Å². The second kappa shape index (κ2) is 13.8. The molecule has 0 aromatic carbocycles. The summed E-state index contributed by atoms with van der Waals surface area (Å²) in [6.45, 7) is 13.5. The first-order valence-corrected chi connectivity index (χ1v) is 25.7. The number of rotatable bonds is 2. The average Bonchev–Trinajstić information content (AvgIpc) is 4.11. The number of thiazole rings is 2. The van der Waals surface area contributed by atoms with Crippen molar-refractivity contribution in [3.63, 3.8) is 0 Å². The van der Waals surface area contributed by atoms with Gasteiger partial charge in [0.2, 0.25) is 0 Å². The van der Waals surface area contributed by atoms with E-state index in [9.17, 15) is 20.4 Å². The molecule has 18 atom stereocenters. The van der Waals surface area contributed by atoms with Crippen LogP contribution in [0.4, 0.5) is 0 Å². The molecule has 14 heteroatoms. The lowest BCUT2D eigenvalue weighted by molar-refractivity contribution is -0.220. The molecule has 4 aromatic heterocycles. The molecular weight excluding hydrogens is 833 g/mol. The standard InChI is InChI=1S/C26H35N3O3S.C23H31N3O3S/c1-23(2)31-20-17-11-18-14(13-28-29-18)12-24(17,3)15-5-7-25(4)16(19(15)21(20)32-23)6-8-26(25,30)22-27-9-10-33-22;1-21-10-12-11-25-26-16(12)9-15(21)18(27)19(28)17-13(21)3-5-22(2)14(17)4-6-23(22,29)20-24-7-8-30-20/h9-10,13,15-17,19-21,30H,5-8,11-12H2,1-4H3,(H,28,29);7-8,11,13-15,17-19,27-29H,3-6,9-10H2,1-2H3,(H,25,26)/t15-,16-,17+,19+,20+,21+,24+,25-,26+;13-,14-,15+,17+,18+,19+,21+,22-,23+/m00/s1. The summed E-state index contributed by atoms with van der Waals surface area (Å²) >= 11 is 3.14. The fourth-order valence-corrected chi connectivity index (χ4v) is 19.3. The number of H-pyrrole nitrogens is 2. The van der Waals surface area contributed by atoms with Crippen LogP contribution < -0.4 is 0 Å². The fraction of sp³-hybridized carbons (Fsp3) is 0.755. The van der Waals surface area contributed by atoms with E-state index >= 15 is 0 Å². The number of ether oxygens (including phenoxy) is 2. The molecule has 0 unspecified atom stereocenters. The highest BCUT2D eigenvalue weighted by atomic mass is 32.1. The van der Waals surface area contributed by atoms with Crippen LogP contribution >= 0.6 is 22.7 Å². The highest BCUT2D eigenvalue weighted by Gasteiger charge is 2.72. The summed E-state index contributed by atoms with van der Waals surface area (Å²) in [5, 5.41) is 67.3. The summed E-state index contributed by atoms with van der Waals surface area (Å²) in [6.07, 6.45) is 17.4. The van der Waals surface area contributed by atoms with Gasteiger partial charge in [0.25, 0.3) is 0 Å². The molecular formula is C49H66N6O6S2. The zero-order valence-electron chi connectivity index (χ0n) is 37.6. The molecule has 1 saturated heterocycles. The Morgan fingerprint density at radius 3 is 1.60 bits per heavy atom. The quantitative estimate of drug-likeness (QED) is 0.121. The molecule has 6 saturated carbocycles. The maximum atomic E-state index is 12.1. The molecule has 5 heterocycles. The fourth-order valence-electron chi connectivity index (χ4n) is 17.5. The van der Waals surface area contributed by atoms with Crippen molar-refractivity contribution in [2.24, 2.45) is 69.0 Å². The maximum absolute atomic E-state index is 12.1. The molecule has 0 spiro atoms. The minimum absolute atomic E-state index is 0.00226. The Morgan fingerprint density at radius 2 is 1.06 bits per heavy atom. The van der Waals surface area contributed by atoms with Crippen molar-refractivity contribution in [3.8, 4) is 0 Å². The first-order valence-electron chi connectivity index (χ1n) is 23.9. The number of hydrogen-bond acceptors (Lipinski definition) is 12. The number of nitrogens with one attached hydrogen (secondary N) is 2. The van der Waals surface area contributed by atoms with Gasteiger partial charge in [0.05, 0.1) is 36.8 Å². The number of aliphatic hydroxyl groups excluding tert-OH is 2. The van der Waals surface area contributed by atoms with Gasteiger partial charge in [-0.05, 0) is 160 Å². The van der Waals surface area contributed by atoms with Crippen LogP contribution in [0.3, 0.4) is 0 Å². The summed E-state index contributed by atoms with van der Waals surface area (Å²) in [5.41, 5.74) is 2.81. The van der Waals surface area contributed by atoms with Crippen molar-refractivity contribution < 1.29 is 29.9 Å². The Bertz CT molecular complexity index is 2370. The first kappa shape index (κ1) is 41.8. The summed E-state index contributed by atoms with van der Waals surface area (Å²) < 4.78 is 13.5. The van der Waals surface area contributed by atoms with E-state index in [-0.39, 0.29) is 51.6 Å². The lowest BCUT2D eigenvalue weighted by Gasteiger charge is -2.63. The molecule has 0 radical (unpaired) electrons. The van der Waals surface area contributed by atoms with Crippen molar-refractivity contribution >= 4 is 22.7 Å². The van der Waals surface area contributed by atoms with Gasteiger partial charge in [0.1, 0.15) is 21.2 Å². The highest BCUT2D eigenvalue weighted by molar-refractivity contribution is 7.10. The topological polar surface area (TPSA) is 183 Å². The number of aromatic nitrogens is 6. The Balaban J connectivity index is 0.000000134. The molecule has 9 aliphatic rings. The van der Waals surface area contributed by atoms with Gasteiger partial charge in [-0.25, -0.2) is 9.97 Å². The van der Waals surface area contributed by atoms with Crippen LogP contribution in [0.25, 0.3) is 0 Å². The van der Waals surface area contributed by atoms with Gasteiger partial charge >= 0.3 is 0 Å². The molecule has 4 aromatic rings. The monoisotopic (exact) mass is 898 g/mol. The van der Waals surface area contributed by atoms with E-state index in [0.29, 0.717) is 36.0 Å². The van der Waals surface area contributed by atoms with Gasteiger partial charge in [-0.1, -0.05) is 27.7 Å². The van der Waals surface area contributed by atoms with Crippen molar-refractivity contribution in [2.45, 2.75) is 160 Å². The van der Waals surface area contributed by atoms with E-state index in [0.717, 1.165) is 86.3 Å². The van der Waals surface area contributed by atoms with Gasteiger partial charge in [-0.3, -0.25) is 10.2 Å². The predicted molar refractivity (Wildman–Crippen MR) is 237 cm³/mol. The largest absolute Gasteiger partial charge is 0.390 e. The van der Waals surface area contributed by atoms with Crippen molar-refractivity contribution in [1.29, 1.82) is 0 Å². The van der Waals surface area contributed by atoms with Gasteiger partial charge in [-0.15, -0.1) is 22.7 Å². The SMILES string of the molecule is CC1(C)O[C@H]2[C@H](O1)[C@H]1Cc3[nH]ncc3C[C@]1(C)[C@H]1CC[C@@]3(C)[C@@H](CC[C@@]3(O)c3nccs3)[C@H]21.C[C@]12Cc3cn[nH]c3C[C@@H]1[C@@H](O)[C@H](O)[C@@H]1[C@@H]2CC[C@@]2(C)[C@H]1CC[C@@]2(O)c1nccs1. The minimum atomic E-state index is -0.941. The Labute approximate surface area is 378 Å². The van der Waals surface area contributed by atoms with E-state index in [1.165, 1.54) is 28.2 Å². The zero-order valence-corrected chi connectivity index (χ0v) is 39.2. The van der Waals surface area contributed by atoms with Crippen LogP contribution in [-0.4, -0.2) is 81.0 Å². The average molecular weight is 899 g/mol. The van der Waals surface area contributed by atoms with Crippen LogP contribution in [0.15, 0.2) is 35.5 Å². The lowest BCUT2D eigenvalue weighted by atomic mass is 9.43. The molecule has 7 fully saturated rings. The lowest BCUT2D eigenvalue weighted by Crippen LogP contribution is -2.65. The number of hydrogen-bond donors (Lipinski definition) is 6. The molecule has 340 valence electrons. The van der Waals surface area contributed by atoms with E-state index in [2.05, 4.69) is 71.9 Å². The van der Waals surface area contributed by atoms with Crippen LogP contribution in [0.2, 0.25) is 0 Å². The third kappa shape index (κ3) is 5.46. The summed E-state index contributed by atoms with van der Waals surface area (Å²) in [5.74, 6) is 1.74. The summed E-state index contributed by atoms with van der Waals surface area (Å²) in [7, 11) is 0. The van der Waals surface area contributed by atoms with Gasteiger partial charge in [-0.2, -0.15) is 10.2 Å². The van der Waals surface area contributed by atoms with E-state index in [1.54, 1.807) is 17.5 Å². The predicted octanol–water partition coefficient (Wildman–Crippen LogP) is 7.10. The third-order valence-electron chi connectivity index (χ3n) is 20.6. The Morgan fingerprint density at radius 1 is 0.587 bits per heavy atom. The second-order valence-corrected chi connectivity index (χ2v) is 25.0. The zero-order chi connectivity index (χ0) is 43.7. The molecule has 6 N–H and O–H groups in total. The first-order chi connectivity index (χ1) is 30.0. The van der Waals surface area contributed by atoms with Crippen molar-refractivity contribution in [1.82, 2.24) is 30.4 Å². The number of nitrogens with zero attached hydrogens (tertiary/aromatic N) is 4. The number of aromatic amines is 2. The van der Waals surface area contributed by atoms with Gasteiger partial charge < -0.3 is 29.9 Å². The molecule has 8 aliphatic carbocycles. The maximum Gasteiger partial charge on any atom is 0.163 e. The third-order valence-corrected chi connectivity index (χ3v) is 22.5. The van der Waals surface area contributed by atoms with Gasteiger partial charge in [0, 0.05) is 45.4 Å². The Hall–Kier alpha value is -2.56. The van der Waals surface area contributed by atoms with Gasteiger partial charge in [0.15, 0.2) is 5.79 Å². The van der Waals surface area contributed by atoms with E-state index in [1.807, 2.05) is 29.4 Å². The number of aliphatic hydroxyl groups is 4. The van der Waals surface area contributed by atoms with Crippen LogP contribution in [0.1, 0.15) is 125 Å². The molecule has 13 rings (SSSR count). The van der Waals surface area contributed by atoms with E-state index < -0.39 is 29.2 Å². The molecule has 0 amide bonds. The van der Waals surface area contributed by atoms with Crippen LogP contribution in [0, 0.1) is 69.0 Å². The minimum Gasteiger partial charge on any atom is -0.390 e. The molecule has 1 aliphatic heterocycles. The Kier molecular flexibility index (Phi) is 9.14. The smallest absolute Gasteiger partial charge is 0.163 e. The molecule has 63 heavy (non-hydrogen) atoms. The second-order valence-electron chi connectivity index (χ2n) is 23.2. The van der Waals surface area contributed by atoms with Crippen molar-refractivity contribution in [3.05, 3.63) is 68.1 Å².